The van der Waals surface area contributed by atoms with Gasteiger partial charge in [-0.2, -0.15) is 0 Å². The minimum absolute atomic E-state index is 0.204. The molecule has 102 valence electrons. The molecule has 2 aromatic rings. The maximum Gasteiger partial charge on any atom is 0.258 e. The topological polar surface area (TPSA) is 68.0 Å². The molecule has 1 aromatic heterocycles. The Morgan fingerprint density at radius 1 is 1.45 bits per heavy atom. The van der Waals surface area contributed by atoms with Crippen LogP contribution in [-0.2, 0) is 0 Å². The second-order valence-corrected chi connectivity index (χ2v) is 5.52. The number of nitrogens with one attached hydrogen (secondary N) is 1. The molecule has 0 radical (unpaired) electrons. The monoisotopic (exact) mass is 285 g/mol. The van der Waals surface area contributed by atoms with Crippen molar-refractivity contribution in [3.8, 4) is 11.8 Å². The normalized spacial score (nSPS) is 9.75. The van der Waals surface area contributed by atoms with E-state index in [0.29, 0.717) is 16.3 Å². The summed E-state index contributed by atoms with van der Waals surface area (Å²) < 4.78 is 0. The Hall–Kier alpha value is -2.16. The molecule has 1 aromatic carbocycles. The molecule has 0 spiro atoms. The van der Waals surface area contributed by atoms with E-state index in [1.165, 1.54) is 11.3 Å². The Kier molecular flexibility index (Phi) is 4.51. The highest BCUT2D eigenvalue weighted by Crippen LogP contribution is 2.19. The maximum atomic E-state index is 12.3. The summed E-state index contributed by atoms with van der Waals surface area (Å²) in [7, 11) is 0. The van der Waals surface area contributed by atoms with E-state index in [1.54, 1.807) is 6.20 Å². The molecule has 5 heteroatoms. The van der Waals surface area contributed by atoms with Crippen LogP contribution in [0.15, 0.2) is 24.4 Å². The van der Waals surface area contributed by atoms with Gasteiger partial charge in [0.25, 0.3) is 5.91 Å². The van der Waals surface area contributed by atoms with Crippen molar-refractivity contribution in [2.75, 3.05) is 11.9 Å². The van der Waals surface area contributed by atoms with Crippen molar-refractivity contribution < 1.29 is 4.79 Å². The molecule has 0 unspecified atom stereocenters. The summed E-state index contributed by atoms with van der Waals surface area (Å²) in [4.78, 5) is 17.5. The summed E-state index contributed by atoms with van der Waals surface area (Å²) in [6, 6.07) is 5.57. The zero-order valence-corrected chi connectivity index (χ0v) is 12.2. The van der Waals surface area contributed by atoms with E-state index in [2.05, 4.69) is 22.1 Å². The number of nitrogens with two attached hydrogens (primary N) is 1. The average molecular weight is 285 g/mol. The van der Waals surface area contributed by atoms with Gasteiger partial charge in [0.1, 0.15) is 0 Å². The number of hydrogen-bond donors (Lipinski definition) is 2. The first-order chi connectivity index (χ1) is 9.60. The quantitative estimate of drug-likeness (QED) is 0.832. The number of amides is 1. The van der Waals surface area contributed by atoms with Crippen molar-refractivity contribution in [3.05, 3.63) is 46.0 Å². The predicted octanol–water partition coefficient (Wildman–Crippen LogP) is 2.32. The molecule has 0 aliphatic carbocycles. The van der Waals surface area contributed by atoms with Crippen LogP contribution in [0.2, 0.25) is 0 Å². The lowest BCUT2D eigenvalue weighted by atomic mass is 10.0. The highest BCUT2D eigenvalue weighted by atomic mass is 32.1. The van der Waals surface area contributed by atoms with E-state index in [1.807, 2.05) is 32.0 Å². The summed E-state index contributed by atoms with van der Waals surface area (Å²) in [5.74, 6) is 5.49. The van der Waals surface area contributed by atoms with Gasteiger partial charge >= 0.3 is 0 Å². The number of hydrogen-bond acceptors (Lipinski definition) is 4. The number of thiazole rings is 1. The summed E-state index contributed by atoms with van der Waals surface area (Å²) in [6.07, 6.45) is 1.73. The molecule has 2 rings (SSSR count). The average Bonchev–Trinajstić information content (AvgIpc) is 2.82. The van der Waals surface area contributed by atoms with Crippen LogP contribution in [0.1, 0.15) is 26.4 Å². The van der Waals surface area contributed by atoms with E-state index in [9.17, 15) is 4.79 Å². The lowest BCUT2D eigenvalue weighted by Crippen LogP contribution is -2.13. The molecule has 1 heterocycles. The third-order valence-corrected chi connectivity index (χ3v) is 3.41. The van der Waals surface area contributed by atoms with Gasteiger partial charge in [-0.15, -0.1) is 11.3 Å². The number of aromatic nitrogens is 1. The van der Waals surface area contributed by atoms with Crippen molar-refractivity contribution >= 4 is 22.4 Å². The Morgan fingerprint density at radius 2 is 2.25 bits per heavy atom. The minimum Gasteiger partial charge on any atom is -0.320 e. The van der Waals surface area contributed by atoms with Gasteiger partial charge in [0, 0.05) is 16.6 Å². The van der Waals surface area contributed by atoms with Gasteiger partial charge < -0.3 is 5.73 Å². The fourth-order valence-corrected chi connectivity index (χ4v) is 2.34. The Bertz CT molecular complexity index is 695. The van der Waals surface area contributed by atoms with Crippen molar-refractivity contribution in [1.82, 2.24) is 4.98 Å². The fourth-order valence-electron chi connectivity index (χ4n) is 1.68. The third-order valence-electron chi connectivity index (χ3n) is 2.59. The molecule has 0 aliphatic heterocycles. The highest BCUT2D eigenvalue weighted by molar-refractivity contribution is 7.15. The zero-order chi connectivity index (χ0) is 14.5. The van der Waals surface area contributed by atoms with Gasteiger partial charge in [0.15, 0.2) is 5.13 Å². The first-order valence-electron chi connectivity index (χ1n) is 6.13. The lowest BCUT2D eigenvalue weighted by molar-refractivity contribution is 0.102. The number of nitrogens with zero attached hydrogens (tertiary/aromatic N) is 1. The van der Waals surface area contributed by atoms with Crippen LogP contribution in [0.3, 0.4) is 0 Å². The number of benzene rings is 1. The smallest absolute Gasteiger partial charge is 0.258 e. The highest BCUT2D eigenvalue weighted by Gasteiger charge is 2.12. The number of rotatable bonds is 2. The Morgan fingerprint density at radius 3 is 2.90 bits per heavy atom. The van der Waals surface area contributed by atoms with Crippen LogP contribution in [0, 0.1) is 25.7 Å². The van der Waals surface area contributed by atoms with Gasteiger partial charge in [0.05, 0.1) is 12.1 Å². The van der Waals surface area contributed by atoms with Crippen molar-refractivity contribution in [3.63, 3.8) is 0 Å². The zero-order valence-electron chi connectivity index (χ0n) is 11.4. The van der Waals surface area contributed by atoms with Gasteiger partial charge in [-0.1, -0.05) is 23.5 Å². The predicted molar refractivity (Wildman–Crippen MR) is 81.9 cm³/mol. The van der Waals surface area contributed by atoms with Crippen LogP contribution < -0.4 is 11.1 Å². The number of carbonyl (C=O) groups excluding carboxylic acids is 1. The van der Waals surface area contributed by atoms with Crippen molar-refractivity contribution in [2.45, 2.75) is 13.8 Å². The van der Waals surface area contributed by atoms with E-state index in [0.717, 1.165) is 10.4 Å². The van der Waals surface area contributed by atoms with Crippen molar-refractivity contribution in [1.29, 1.82) is 0 Å². The third kappa shape index (κ3) is 3.44. The van der Waals surface area contributed by atoms with Crippen LogP contribution in [0.25, 0.3) is 0 Å². The van der Waals surface area contributed by atoms with E-state index >= 15 is 0 Å². The Labute approximate surface area is 122 Å². The standard InChI is InChI=1S/C15H15N3OS/c1-10-5-6-12(4-3-7-16)13(8-10)14(19)18-15-17-9-11(2)20-15/h5-6,8-9H,7,16H2,1-2H3,(H,17,18,19). The number of anilines is 1. The fraction of sp³-hybridized carbons (Fsp3) is 0.200. The molecule has 0 fully saturated rings. The van der Waals surface area contributed by atoms with Crippen LogP contribution in [-0.4, -0.2) is 17.4 Å². The molecular weight excluding hydrogens is 270 g/mol. The first kappa shape index (κ1) is 14.3. The molecule has 1 amide bonds. The van der Waals surface area contributed by atoms with Gasteiger partial charge in [-0.3, -0.25) is 10.1 Å². The number of aryl methyl sites for hydroxylation is 2. The summed E-state index contributed by atoms with van der Waals surface area (Å²) >= 11 is 1.44. The van der Waals surface area contributed by atoms with Gasteiger partial charge in [-0.25, -0.2) is 4.98 Å². The largest absolute Gasteiger partial charge is 0.320 e. The van der Waals surface area contributed by atoms with Gasteiger partial charge in [-0.05, 0) is 26.0 Å². The Balaban J connectivity index is 2.30. The molecule has 0 aliphatic rings. The lowest BCUT2D eigenvalue weighted by Gasteiger charge is -2.05. The van der Waals surface area contributed by atoms with E-state index < -0.39 is 0 Å². The van der Waals surface area contributed by atoms with Gasteiger partial charge in [0.2, 0.25) is 0 Å². The molecule has 0 saturated heterocycles. The van der Waals surface area contributed by atoms with Crippen molar-refractivity contribution in [2.24, 2.45) is 5.73 Å². The molecule has 4 nitrogen and oxygen atoms in total. The molecule has 3 N–H and O–H groups in total. The summed E-state index contributed by atoms with van der Waals surface area (Å²) in [6.45, 7) is 4.14. The number of carbonyl (C=O) groups is 1. The van der Waals surface area contributed by atoms with Crippen LogP contribution >= 0.6 is 11.3 Å². The molecule has 20 heavy (non-hydrogen) atoms. The van der Waals surface area contributed by atoms with Crippen LogP contribution in [0.5, 0.6) is 0 Å². The second-order valence-electron chi connectivity index (χ2n) is 4.29. The first-order valence-corrected chi connectivity index (χ1v) is 6.95. The van der Waals surface area contributed by atoms with E-state index in [4.69, 9.17) is 5.73 Å². The van der Waals surface area contributed by atoms with Crippen LogP contribution in [0.4, 0.5) is 5.13 Å². The molecular formula is C15H15N3OS. The summed E-state index contributed by atoms with van der Waals surface area (Å²) in [5.41, 5.74) is 7.59. The second kappa shape index (κ2) is 6.33. The molecule has 0 bridgehead atoms. The van der Waals surface area contributed by atoms with E-state index in [-0.39, 0.29) is 12.5 Å². The molecule has 0 saturated carbocycles. The maximum absolute atomic E-state index is 12.3. The summed E-state index contributed by atoms with van der Waals surface area (Å²) in [5, 5.41) is 3.38. The minimum atomic E-state index is -0.204. The SMILES string of the molecule is Cc1ccc(C#CCN)c(C(=O)Nc2ncc(C)s2)c1. The molecule has 0 atom stereocenters.